The number of nitrogens with zero attached hydrogens (tertiary/aromatic N) is 4. The second-order valence-electron chi connectivity index (χ2n) is 5.35. The van der Waals surface area contributed by atoms with Crippen LogP contribution >= 0.6 is 15.9 Å². The molecule has 1 aliphatic rings. The molecule has 2 aromatic heterocycles. The number of benzene rings is 1. The van der Waals surface area contributed by atoms with Crippen LogP contribution in [0.4, 0.5) is 4.39 Å². The molecule has 0 spiro atoms. The molecule has 0 aliphatic carbocycles. The molecule has 0 saturated heterocycles. The van der Waals surface area contributed by atoms with Gasteiger partial charge in [-0.15, -0.1) is 0 Å². The highest BCUT2D eigenvalue weighted by atomic mass is 79.9. The minimum Gasteiger partial charge on any atom is -0.476 e. The Balaban J connectivity index is 1.90. The van der Waals surface area contributed by atoms with Crippen molar-refractivity contribution in [2.45, 2.75) is 6.42 Å². The van der Waals surface area contributed by atoms with E-state index in [2.05, 4.69) is 31.0 Å². The molecule has 5 nitrogen and oxygen atoms in total. The molecule has 0 saturated carbocycles. The molecule has 0 fully saturated rings. The molecule has 0 radical (unpaired) electrons. The average Bonchev–Trinajstić information content (AvgIpc) is 2.91. The number of hydrogen-bond acceptors (Lipinski definition) is 4. The first kappa shape index (κ1) is 14.3. The van der Waals surface area contributed by atoms with E-state index in [0.717, 1.165) is 17.6 Å². The highest BCUT2D eigenvalue weighted by molar-refractivity contribution is 9.10. The number of hydrogen-bond donors (Lipinski definition) is 0. The first-order valence-electron chi connectivity index (χ1n) is 7.09. The lowest BCUT2D eigenvalue weighted by Gasteiger charge is -2.19. The summed E-state index contributed by atoms with van der Waals surface area (Å²) in [5.41, 5.74) is 3.81. The summed E-state index contributed by atoms with van der Waals surface area (Å²) in [5.74, 6) is 0.0805. The largest absolute Gasteiger partial charge is 0.476 e. The molecular formula is C16H12BrFN4O. The van der Waals surface area contributed by atoms with E-state index < -0.39 is 0 Å². The van der Waals surface area contributed by atoms with Crippen molar-refractivity contribution in [2.24, 2.45) is 7.05 Å². The molecule has 4 rings (SSSR count). The Kier molecular flexibility index (Phi) is 3.37. The second-order valence-corrected chi connectivity index (χ2v) is 6.20. The van der Waals surface area contributed by atoms with Gasteiger partial charge in [-0.2, -0.15) is 5.10 Å². The van der Waals surface area contributed by atoms with Gasteiger partial charge in [0.1, 0.15) is 17.0 Å². The van der Waals surface area contributed by atoms with Gasteiger partial charge in [0.25, 0.3) is 0 Å². The van der Waals surface area contributed by atoms with Crippen molar-refractivity contribution < 1.29 is 9.13 Å². The lowest BCUT2D eigenvalue weighted by molar-refractivity contribution is 0.303. The van der Waals surface area contributed by atoms with Gasteiger partial charge in [0.15, 0.2) is 0 Å². The minimum atomic E-state index is -0.361. The highest BCUT2D eigenvalue weighted by Gasteiger charge is 2.21. The Morgan fingerprint density at radius 1 is 1.35 bits per heavy atom. The third-order valence-corrected chi connectivity index (χ3v) is 4.24. The summed E-state index contributed by atoms with van der Waals surface area (Å²) >= 11 is 3.35. The zero-order chi connectivity index (χ0) is 16.0. The molecule has 116 valence electrons. The zero-order valence-electron chi connectivity index (χ0n) is 12.3. The summed E-state index contributed by atoms with van der Waals surface area (Å²) in [6.45, 7) is 0.524. The van der Waals surface area contributed by atoms with Crippen molar-refractivity contribution in [1.82, 2.24) is 19.7 Å². The van der Waals surface area contributed by atoms with Gasteiger partial charge in [-0.05, 0) is 33.6 Å². The van der Waals surface area contributed by atoms with E-state index in [-0.39, 0.29) is 5.82 Å². The van der Waals surface area contributed by atoms with Crippen LogP contribution in [-0.2, 0) is 7.05 Å². The first-order chi connectivity index (χ1) is 11.1. The summed E-state index contributed by atoms with van der Waals surface area (Å²) < 4.78 is 21.5. The molecule has 0 atom stereocenters. The molecule has 0 N–H and O–H groups in total. The molecular weight excluding hydrogens is 363 g/mol. The molecule has 0 unspecified atom stereocenters. The van der Waals surface area contributed by atoms with Crippen LogP contribution in [0.15, 0.2) is 29.0 Å². The van der Waals surface area contributed by atoms with E-state index >= 15 is 0 Å². The van der Waals surface area contributed by atoms with Gasteiger partial charge in [-0.25, -0.2) is 14.4 Å². The summed E-state index contributed by atoms with van der Waals surface area (Å²) in [5, 5.41) is 4.17. The SMILES string of the molecule is Cn1cc(C=C2CCOc3nc4cc(F)cc(Br)c4nc32)cn1. The Hall–Kier alpha value is -2.28. The summed E-state index contributed by atoms with van der Waals surface area (Å²) in [6.07, 6.45) is 6.50. The van der Waals surface area contributed by atoms with Crippen LogP contribution < -0.4 is 4.74 Å². The Morgan fingerprint density at radius 2 is 2.22 bits per heavy atom. The van der Waals surface area contributed by atoms with Gasteiger partial charge >= 0.3 is 0 Å². The maximum absolute atomic E-state index is 13.5. The van der Waals surface area contributed by atoms with Crippen LogP contribution in [0.1, 0.15) is 17.7 Å². The van der Waals surface area contributed by atoms with Crippen molar-refractivity contribution in [1.29, 1.82) is 0 Å². The molecule has 3 aromatic rings. The molecule has 0 amide bonds. The van der Waals surface area contributed by atoms with Crippen molar-refractivity contribution >= 4 is 38.6 Å². The molecule has 7 heteroatoms. The van der Waals surface area contributed by atoms with E-state index in [1.165, 1.54) is 12.1 Å². The fourth-order valence-corrected chi connectivity index (χ4v) is 3.12. The maximum Gasteiger partial charge on any atom is 0.240 e. The smallest absolute Gasteiger partial charge is 0.240 e. The van der Waals surface area contributed by atoms with E-state index in [0.29, 0.717) is 33.7 Å². The molecule has 23 heavy (non-hydrogen) atoms. The van der Waals surface area contributed by atoms with Crippen molar-refractivity contribution in [3.05, 3.63) is 46.1 Å². The van der Waals surface area contributed by atoms with Crippen LogP contribution in [-0.4, -0.2) is 26.4 Å². The monoisotopic (exact) mass is 374 g/mol. The van der Waals surface area contributed by atoms with Crippen molar-refractivity contribution in [2.75, 3.05) is 6.61 Å². The Morgan fingerprint density at radius 3 is 3.00 bits per heavy atom. The third-order valence-electron chi connectivity index (χ3n) is 3.64. The maximum atomic E-state index is 13.5. The molecule has 1 aliphatic heterocycles. The zero-order valence-corrected chi connectivity index (χ0v) is 13.8. The minimum absolute atomic E-state index is 0.361. The Bertz CT molecular complexity index is 951. The first-order valence-corrected chi connectivity index (χ1v) is 7.88. The van der Waals surface area contributed by atoms with Gasteiger partial charge in [0.2, 0.25) is 5.88 Å². The lowest BCUT2D eigenvalue weighted by atomic mass is 10.0. The van der Waals surface area contributed by atoms with Crippen LogP contribution in [0, 0.1) is 5.82 Å². The predicted molar refractivity (Wildman–Crippen MR) is 88.4 cm³/mol. The van der Waals surface area contributed by atoms with Gasteiger partial charge in [0.05, 0.1) is 18.3 Å². The predicted octanol–water partition coefficient (Wildman–Crippen LogP) is 3.59. The quantitative estimate of drug-likeness (QED) is 0.653. The molecule has 0 bridgehead atoms. The normalized spacial score (nSPS) is 15.7. The van der Waals surface area contributed by atoms with E-state index in [1.807, 2.05) is 19.3 Å². The number of halogens is 2. The van der Waals surface area contributed by atoms with Crippen LogP contribution in [0.2, 0.25) is 0 Å². The summed E-state index contributed by atoms with van der Waals surface area (Å²) in [4.78, 5) is 9.06. The average molecular weight is 375 g/mol. The lowest BCUT2D eigenvalue weighted by Crippen LogP contribution is -2.11. The molecule has 1 aromatic carbocycles. The number of aromatic nitrogens is 4. The number of rotatable bonds is 1. The van der Waals surface area contributed by atoms with Gasteiger partial charge < -0.3 is 4.74 Å². The van der Waals surface area contributed by atoms with Crippen LogP contribution in [0.5, 0.6) is 5.88 Å². The topological polar surface area (TPSA) is 52.8 Å². The van der Waals surface area contributed by atoms with E-state index in [9.17, 15) is 4.39 Å². The summed E-state index contributed by atoms with van der Waals surface area (Å²) in [7, 11) is 1.87. The number of aryl methyl sites for hydroxylation is 1. The summed E-state index contributed by atoms with van der Waals surface area (Å²) in [6, 6.07) is 2.74. The fraction of sp³-hybridized carbons (Fsp3) is 0.188. The second kappa shape index (κ2) is 5.42. The van der Waals surface area contributed by atoms with Crippen molar-refractivity contribution in [3.8, 4) is 5.88 Å². The van der Waals surface area contributed by atoms with Gasteiger partial charge in [-0.3, -0.25) is 4.68 Å². The van der Waals surface area contributed by atoms with Gasteiger partial charge in [-0.1, -0.05) is 0 Å². The van der Waals surface area contributed by atoms with Crippen LogP contribution in [0.3, 0.4) is 0 Å². The van der Waals surface area contributed by atoms with Crippen molar-refractivity contribution in [3.63, 3.8) is 0 Å². The van der Waals surface area contributed by atoms with Crippen LogP contribution in [0.25, 0.3) is 22.7 Å². The highest BCUT2D eigenvalue weighted by Crippen LogP contribution is 2.34. The Labute approximate surface area is 139 Å². The third kappa shape index (κ3) is 2.61. The van der Waals surface area contributed by atoms with E-state index in [1.54, 1.807) is 10.9 Å². The van der Waals surface area contributed by atoms with E-state index in [4.69, 9.17) is 4.74 Å². The van der Waals surface area contributed by atoms with Gasteiger partial charge in [0, 0.05) is 35.8 Å². The molecule has 3 heterocycles. The number of fused-ring (bicyclic) bond motifs is 2. The fourth-order valence-electron chi connectivity index (χ4n) is 2.61. The standard InChI is InChI=1S/C16H12BrFN4O/c1-22-8-9(7-19-22)4-10-2-3-23-16-14(10)21-15-12(17)5-11(18)6-13(15)20-16/h4-8H,2-3H2,1H3. The number of ether oxygens (including phenoxy) is 1.